The van der Waals surface area contributed by atoms with Gasteiger partial charge in [-0.3, -0.25) is 9.69 Å². The average molecular weight is 717 g/mol. The van der Waals surface area contributed by atoms with Crippen molar-refractivity contribution in [2.75, 3.05) is 52.6 Å². The third kappa shape index (κ3) is 13.9. The number of Topliss-reactive ketones (excluding diaryl/α,β-unsaturated/α-hetero) is 1. The second kappa shape index (κ2) is 20.9. The van der Waals surface area contributed by atoms with Crippen LogP contribution in [0.3, 0.4) is 0 Å². The Kier molecular flexibility index (Phi) is 16.4. The Bertz CT molecular complexity index is 970. The molecule has 9 heteroatoms. The minimum absolute atomic E-state index is 0.0694. The summed E-state index contributed by atoms with van der Waals surface area (Å²) in [5, 5.41) is 22.6. The van der Waals surface area contributed by atoms with Gasteiger partial charge in [-0.2, -0.15) is 0 Å². The zero-order chi connectivity index (χ0) is 35.4. The quantitative estimate of drug-likeness (QED) is 0.210. The standard InChI is InChI=1S/C21H38N2O2.C16H27NO2.C5H11NO/c24-21-3-1-2-20(21)22-18-10-12-23(13-11-18)19-8-6-17(7-9-19)15-25-14-16-4-5-16;18-16-7-9-17(10-8-16)15-5-3-14(4-6-15)12-19-11-13-1-2-13;6-4-2-1-3-5(4)7/h16-22,24H,1-15H2;13-15H,1-12H2;4-5,7H,1-3,6H2/t17?,19?,20-,21+;;4-,5+/m0.0/s1. The first-order valence-corrected chi connectivity index (χ1v) is 21.9. The molecule has 0 aromatic rings. The number of hydrogen-bond donors (Lipinski definition) is 4. The monoisotopic (exact) mass is 717 g/mol. The van der Waals surface area contributed by atoms with Gasteiger partial charge in [-0.05, 0) is 165 Å². The molecule has 4 atom stereocenters. The lowest BCUT2D eigenvalue weighted by atomic mass is 9.85. The van der Waals surface area contributed by atoms with Gasteiger partial charge in [0.05, 0.1) is 12.2 Å². The summed E-state index contributed by atoms with van der Waals surface area (Å²) >= 11 is 0. The second-order valence-corrected chi connectivity index (χ2v) is 18.1. The topological polar surface area (TPSA) is 121 Å². The molecular formula is C42H76N4O5. The van der Waals surface area contributed by atoms with Crippen LogP contribution < -0.4 is 11.1 Å². The van der Waals surface area contributed by atoms with Gasteiger partial charge in [0.15, 0.2) is 0 Å². The van der Waals surface area contributed by atoms with E-state index in [1.807, 2.05) is 0 Å². The number of piperidine rings is 2. The number of nitrogens with two attached hydrogens (primary N) is 1. The van der Waals surface area contributed by atoms with Crippen molar-refractivity contribution < 1.29 is 24.5 Å². The minimum Gasteiger partial charge on any atom is -0.392 e. The largest absolute Gasteiger partial charge is 0.392 e. The van der Waals surface area contributed by atoms with E-state index >= 15 is 0 Å². The fourth-order valence-corrected chi connectivity index (χ4v) is 9.70. The van der Waals surface area contributed by atoms with Gasteiger partial charge in [0.2, 0.25) is 0 Å². The Labute approximate surface area is 310 Å². The predicted molar refractivity (Wildman–Crippen MR) is 204 cm³/mol. The van der Waals surface area contributed by atoms with Crippen LogP contribution in [0.5, 0.6) is 0 Å². The molecule has 5 N–H and O–H groups in total. The summed E-state index contributed by atoms with van der Waals surface area (Å²) < 4.78 is 11.8. The van der Waals surface area contributed by atoms with Crippen LogP contribution in [0.15, 0.2) is 0 Å². The molecule has 0 unspecified atom stereocenters. The molecule has 2 aliphatic heterocycles. The lowest BCUT2D eigenvalue weighted by Gasteiger charge is -2.41. The maximum atomic E-state index is 11.3. The van der Waals surface area contributed by atoms with Crippen molar-refractivity contribution in [1.29, 1.82) is 0 Å². The molecule has 8 rings (SSSR count). The van der Waals surface area contributed by atoms with Crippen LogP contribution in [0.2, 0.25) is 0 Å². The Morgan fingerprint density at radius 1 is 0.549 bits per heavy atom. The van der Waals surface area contributed by atoms with E-state index in [1.54, 1.807) is 0 Å². The van der Waals surface area contributed by atoms with Crippen molar-refractivity contribution in [2.45, 2.75) is 184 Å². The van der Waals surface area contributed by atoms with Gasteiger partial charge in [0, 0.05) is 82.6 Å². The third-order valence-corrected chi connectivity index (χ3v) is 13.8. The number of nitrogens with one attached hydrogen (secondary N) is 1. The summed E-state index contributed by atoms with van der Waals surface area (Å²) in [6, 6.07) is 2.62. The highest BCUT2D eigenvalue weighted by Crippen LogP contribution is 2.33. The van der Waals surface area contributed by atoms with Gasteiger partial charge in [0.1, 0.15) is 5.78 Å². The summed E-state index contributed by atoms with van der Waals surface area (Å²) in [6.07, 6.45) is 26.4. The van der Waals surface area contributed by atoms with Crippen molar-refractivity contribution in [3.05, 3.63) is 0 Å². The average Bonchev–Trinajstić information content (AvgIpc) is 4.09. The van der Waals surface area contributed by atoms with Crippen LogP contribution in [0.4, 0.5) is 0 Å². The number of hydrogen-bond acceptors (Lipinski definition) is 9. The van der Waals surface area contributed by atoms with Crippen molar-refractivity contribution >= 4 is 5.78 Å². The summed E-state index contributed by atoms with van der Waals surface area (Å²) in [6.45, 7) is 8.53. The van der Waals surface area contributed by atoms with Gasteiger partial charge >= 0.3 is 0 Å². The number of carbonyl (C=O) groups is 1. The molecule has 0 aromatic carbocycles. The van der Waals surface area contributed by atoms with Gasteiger partial charge in [0.25, 0.3) is 0 Å². The van der Waals surface area contributed by atoms with Crippen LogP contribution in [0.25, 0.3) is 0 Å². The molecule has 0 radical (unpaired) electrons. The molecule has 8 fully saturated rings. The SMILES string of the molecule is N[C@H]1CCC[C@H]1O.O=C1CCN(C2CCC(COCC3CC3)CC2)CC1.O[C@@H]1CCC[C@@H]1NC1CCN(C2CCC(COCC3CC3)CC2)CC1. The number of nitrogens with zero attached hydrogens (tertiary/aromatic N) is 2. The molecular weight excluding hydrogens is 640 g/mol. The van der Waals surface area contributed by atoms with E-state index in [4.69, 9.17) is 20.3 Å². The zero-order valence-corrected chi connectivity index (χ0v) is 32.2. The van der Waals surface area contributed by atoms with E-state index in [9.17, 15) is 9.90 Å². The molecule has 2 heterocycles. The number of carbonyl (C=O) groups excluding carboxylic acids is 1. The first kappa shape index (κ1) is 40.0. The summed E-state index contributed by atoms with van der Waals surface area (Å²) in [4.78, 5) is 16.6. The van der Waals surface area contributed by atoms with E-state index in [2.05, 4.69) is 15.1 Å². The number of aliphatic hydroxyl groups excluding tert-OH is 2. The first-order valence-electron chi connectivity index (χ1n) is 21.9. The van der Waals surface area contributed by atoms with Gasteiger partial charge in [-0.25, -0.2) is 0 Å². The van der Waals surface area contributed by atoms with Gasteiger partial charge in [-0.1, -0.05) is 0 Å². The molecule has 294 valence electrons. The number of likely N-dealkylation sites (tertiary alicyclic amines) is 2. The fraction of sp³-hybridized carbons (Fsp3) is 0.976. The zero-order valence-electron chi connectivity index (χ0n) is 32.2. The highest BCUT2D eigenvalue weighted by Gasteiger charge is 2.33. The van der Waals surface area contributed by atoms with E-state index in [0.717, 1.165) is 120 Å². The van der Waals surface area contributed by atoms with E-state index < -0.39 is 0 Å². The predicted octanol–water partition coefficient (Wildman–Crippen LogP) is 5.43. The Balaban J connectivity index is 0.000000151. The molecule has 0 amide bonds. The minimum atomic E-state index is -0.208. The Hall–Kier alpha value is -0.650. The van der Waals surface area contributed by atoms with Crippen LogP contribution in [0.1, 0.15) is 141 Å². The van der Waals surface area contributed by atoms with Crippen LogP contribution >= 0.6 is 0 Å². The van der Waals surface area contributed by atoms with E-state index in [0.29, 0.717) is 17.9 Å². The molecule has 2 saturated heterocycles. The molecule has 9 nitrogen and oxygen atoms in total. The number of rotatable bonds is 12. The number of aliphatic hydroxyl groups is 2. The Morgan fingerprint density at radius 2 is 0.980 bits per heavy atom. The highest BCUT2D eigenvalue weighted by molar-refractivity contribution is 5.79. The maximum absolute atomic E-state index is 11.3. The Morgan fingerprint density at radius 3 is 1.35 bits per heavy atom. The third-order valence-electron chi connectivity index (χ3n) is 13.8. The van der Waals surface area contributed by atoms with Crippen LogP contribution in [-0.2, 0) is 14.3 Å². The molecule has 51 heavy (non-hydrogen) atoms. The van der Waals surface area contributed by atoms with Gasteiger partial charge in [-0.15, -0.1) is 0 Å². The lowest BCUT2D eigenvalue weighted by Crippen LogP contribution is -2.51. The smallest absolute Gasteiger partial charge is 0.135 e. The highest BCUT2D eigenvalue weighted by atomic mass is 16.5. The van der Waals surface area contributed by atoms with Crippen molar-refractivity contribution in [2.24, 2.45) is 29.4 Å². The van der Waals surface area contributed by atoms with Crippen molar-refractivity contribution in [3.8, 4) is 0 Å². The normalized spacial score (nSPS) is 37.0. The first-order chi connectivity index (χ1) is 24.9. The fourth-order valence-electron chi connectivity index (χ4n) is 9.70. The molecule has 0 bridgehead atoms. The van der Waals surface area contributed by atoms with Crippen molar-refractivity contribution in [3.63, 3.8) is 0 Å². The van der Waals surface area contributed by atoms with E-state index in [-0.39, 0.29) is 18.2 Å². The molecule has 6 aliphatic carbocycles. The summed E-state index contributed by atoms with van der Waals surface area (Å²) in [7, 11) is 0. The van der Waals surface area contributed by atoms with Crippen LogP contribution in [-0.4, -0.2) is 121 Å². The number of ketones is 1. The number of ether oxygens (including phenoxy) is 2. The summed E-state index contributed by atoms with van der Waals surface area (Å²) in [5.41, 5.74) is 5.43. The molecule has 0 spiro atoms. The van der Waals surface area contributed by atoms with Crippen LogP contribution in [0, 0.1) is 23.7 Å². The summed E-state index contributed by atoms with van der Waals surface area (Å²) in [5.74, 6) is 3.86. The van der Waals surface area contributed by atoms with E-state index in [1.165, 1.54) is 109 Å². The second-order valence-electron chi connectivity index (χ2n) is 18.1. The molecule has 0 aromatic heterocycles. The molecule has 6 saturated carbocycles. The lowest BCUT2D eigenvalue weighted by molar-refractivity contribution is -0.122. The maximum Gasteiger partial charge on any atom is 0.135 e. The van der Waals surface area contributed by atoms with Gasteiger partial charge < -0.3 is 35.6 Å². The van der Waals surface area contributed by atoms with Crippen molar-refractivity contribution in [1.82, 2.24) is 15.1 Å². The molecule has 8 aliphatic rings.